The quantitative estimate of drug-likeness (QED) is 0.683. The maximum atomic E-state index is 13.2. The molecule has 2 aromatic rings. The highest BCUT2D eigenvalue weighted by atomic mass is 16.5. The summed E-state index contributed by atoms with van der Waals surface area (Å²) in [5.41, 5.74) is 2.48. The Morgan fingerprint density at radius 2 is 1.88 bits per heavy atom. The molecular formula is C28H37NO4. The van der Waals surface area contributed by atoms with Gasteiger partial charge in [-0.1, -0.05) is 36.4 Å². The third kappa shape index (κ3) is 5.32. The molecule has 0 bridgehead atoms. The zero-order valence-corrected chi connectivity index (χ0v) is 20.3. The van der Waals surface area contributed by atoms with Crippen molar-refractivity contribution in [1.29, 1.82) is 0 Å². The fourth-order valence-corrected chi connectivity index (χ4v) is 5.47. The van der Waals surface area contributed by atoms with Crippen LogP contribution < -0.4 is 0 Å². The summed E-state index contributed by atoms with van der Waals surface area (Å²) in [5.74, 6) is 0.0482. The van der Waals surface area contributed by atoms with Crippen molar-refractivity contribution in [2.45, 2.75) is 76.8 Å². The number of benzene rings is 2. The molecule has 33 heavy (non-hydrogen) atoms. The molecule has 1 spiro atoms. The molecule has 2 aromatic carbocycles. The van der Waals surface area contributed by atoms with Crippen LogP contribution in [0.15, 0.2) is 48.5 Å². The normalized spacial score (nSPS) is 23.0. The van der Waals surface area contributed by atoms with Gasteiger partial charge in [-0.05, 0) is 69.4 Å². The van der Waals surface area contributed by atoms with Gasteiger partial charge in [0.05, 0.1) is 23.4 Å². The molecule has 2 saturated heterocycles. The second-order valence-corrected chi connectivity index (χ2v) is 10.1. The summed E-state index contributed by atoms with van der Waals surface area (Å²) in [5, 5.41) is 10.3. The van der Waals surface area contributed by atoms with E-state index in [1.807, 2.05) is 43.0 Å². The van der Waals surface area contributed by atoms with E-state index in [0.29, 0.717) is 25.3 Å². The Morgan fingerprint density at radius 3 is 2.48 bits per heavy atom. The van der Waals surface area contributed by atoms with Crippen molar-refractivity contribution in [3.63, 3.8) is 0 Å². The summed E-state index contributed by atoms with van der Waals surface area (Å²) in [4.78, 5) is 15.2. The van der Waals surface area contributed by atoms with Gasteiger partial charge in [0.15, 0.2) is 0 Å². The molecule has 5 heteroatoms. The number of rotatable bonds is 5. The molecule has 2 fully saturated rings. The van der Waals surface area contributed by atoms with Gasteiger partial charge in [-0.2, -0.15) is 0 Å². The monoisotopic (exact) mass is 451 g/mol. The van der Waals surface area contributed by atoms with E-state index in [1.165, 1.54) is 5.56 Å². The summed E-state index contributed by atoms with van der Waals surface area (Å²) in [6.45, 7) is 9.57. The number of nitrogens with zero attached hydrogens (tertiary/aromatic N) is 1. The first-order valence-corrected chi connectivity index (χ1v) is 12.2. The number of carbonyl (C=O) groups excluding carboxylic acids is 1. The van der Waals surface area contributed by atoms with Gasteiger partial charge >= 0.3 is 0 Å². The number of aryl methyl sites for hydroxylation is 1. The minimum atomic E-state index is -0.923. The predicted octanol–water partition coefficient (Wildman–Crippen LogP) is 5.15. The molecule has 2 atom stereocenters. The van der Waals surface area contributed by atoms with Gasteiger partial charge in [0.1, 0.15) is 0 Å². The molecule has 0 radical (unpaired) electrons. The van der Waals surface area contributed by atoms with E-state index < -0.39 is 5.60 Å². The minimum Gasteiger partial charge on any atom is -0.386 e. The number of aliphatic hydroxyl groups is 1. The first kappa shape index (κ1) is 23.9. The van der Waals surface area contributed by atoms with Crippen LogP contribution in [0.25, 0.3) is 0 Å². The van der Waals surface area contributed by atoms with Crippen molar-refractivity contribution in [3.8, 4) is 0 Å². The fraction of sp³-hybridized carbons (Fsp3) is 0.536. The second-order valence-electron chi connectivity index (χ2n) is 10.1. The molecule has 2 heterocycles. The molecule has 2 aliphatic heterocycles. The molecular weight excluding hydrogens is 414 g/mol. The van der Waals surface area contributed by atoms with E-state index in [9.17, 15) is 9.90 Å². The molecule has 1 amide bonds. The number of hydrogen-bond donors (Lipinski definition) is 1. The first-order chi connectivity index (χ1) is 15.7. The largest absolute Gasteiger partial charge is 0.386 e. The standard InChI is InChI=1S/C28H37NO4/c1-5-32-23-18-25(21-9-7-6-8-10-21)33-28(19-23)13-15-29(16-14-28)26(30)22-11-12-24(20(2)17-22)27(3,4)31/h6-12,17,23,25,31H,5,13-16,18-19H2,1-4H3. The minimum absolute atomic E-state index is 0.0239. The Hall–Kier alpha value is -2.21. The highest BCUT2D eigenvalue weighted by molar-refractivity contribution is 5.94. The lowest BCUT2D eigenvalue weighted by molar-refractivity contribution is -0.190. The lowest BCUT2D eigenvalue weighted by Gasteiger charge is -2.48. The van der Waals surface area contributed by atoms with Gasteiger partial charge in [-0.15, -0.1) is 0 Å². The van der Waals surface area contributed by atoms with Crippen LogP contribution in [0.4, 0.5) is 0 Å². The molecule has 178 valence electrons. The summed E-state index contributed by atoms with van der Waals surface area (Å²) in [6.07, 6.45) is 3.57. The van der Waals surface area contributed by atoms with E-state index >= 15 is 0 Å². The average molecular weight is 452 g/mol. The highest BCUT2D eigenvalue weighted by Crippen LogP contribution is 2.44. The van der Waals surface area contributed by atoms with E-state index in [0.717, 1.165) is 36.8 Å². The number of likely N-dealkylation sites (tertiary alicyclic amines) is 1. The molecule has 0 saturated carbocycles. The summed E-state index contributed by atoms with van der Waals surface area (Å²) >= 11 is 0. The van der Waals surface area contributed by atoms with E-state index in [1.54, 1.807) is 13.8 Å². The van der Waals surface area contributed by atoms with E-state index in [4.69, 9.17) is 9.47 Å². The van der Waals surface area contributed by atoms with Gasteiger partial charge in [0, 0.05) is 38.1 Å². The van der Waals surface area contributed by atoms with Crippen molar-refractivity contribution < 1.29 is 19.4 Å². The lowest BCUT2D eigenvalue weighted by atomic mass is 9.80. The van der Waals surface area contributed by atoms with E-state index in [2.05, 4.69) is 24.3 Å². The Balaban J connectivity index is 1.46. The SMILES string of the molecule is CCOC1CC(c2ccccc2)OC2(CCN(C(=O)c3ccc(C(C)(C)O)c(C)c3)CC2)C1. The number of ether oxygens (including phenoxy) is 2. The molecule has 5 nitrogen and oxygen atoms in total. The number of piperidine rings is 1. The van der Waals surface area contributed by atoms with Gasteiger partial charge in [0.25, 0.3) is 5.91 Å². The van der Waals surface area contributed by atoms with Crippen LogP contribution >= 0.6 is 0 Å². The van der Waals surface area contributed by atoms with E-state index in [-0.39, 0.29) is 23.7 Å². The van der Waals surface area contributed by atoms with Gasteiger partial charge in [0.2, 0.25) is 0 Å². The molecule has 0 aliphatic carbocycles. The van der Waals surface area contributed by atoms with Crippen LogP contribution in [-0.2, 0) is 15.1 Å². The van der Waals surface area contributed by atoms with Crippen molar-refractivity contribution >= 4 is 5.91 Å². The number of carbonyl (C=O) groups is 1. The predicted molar refractivity (Wildman–Crippen MR) is 129 cm³/mol. The van der Waals surface area contributed by atoms with Crippen LogP contribution in [0.1, 0.15) is 79.6 Å². The van der Waals surface area contributed by atoms with Gasteiger partial charge < -0.3 is 19.5 Å². The Labute approximate surface area is 197 Å². The second kappa shape index (κ2) is 9.57. The van der Waals surface area contributed by atoms with Crippen LogP contribution in [0.2, 0.25) is 0 Å². The van der Waals surface area contributed by atoms with Crippen molar-refractivity contribution in [3.05, 3.63) is 70.8 Å². The van der Waals surface area contributed by atoms with Crippen LogP contribution in [0.5, 0.6) is 0 Å². The first-order valence-electron chi connectivity index (χ1n) is 12.2. The molecule has 2 unspecified atom stereocenters. The molecule has 2 aliphatic rings. The average Bonchev–Trinajstić information content (AvgIpc) is 2.79. The fourth-order valence-electron chi connectivity index (χ4n) is 5.47. The zero-order chi connectivity index (χ0) is 23.6. The third-order valence-corrected chi connectivity index (χ3v) is 7.14. The Bertz CT molecular complexity index is 958. The van der Waals surface area contributed by atoms with Crippen LogP contribution in [0.3, 0.4) is 0 Å². The summed E-state index contributed by atoms with van der Waals surface area (Å²) in [7, 11) is 0. The van der Waals surface area contributed by atoms with Crippen LogP contribution in [0, 0.1) is 6.92 Å². The summed E-state index contributed by atoms with van der Waals surface area (Å²) in [6, 6.07) is 16.0. The smallest absolute Gasteiger partial charge is 0.253 e. The van der Waals surface area contributed by atoms with Gasteiger partial charge in [-0.25, -0.2) is 0 Å². The molecule has 4 rings (SSSR count). The maximum Gasteiger partial charge on any atom is 0.253 e. The highest BCUT2D eigenvalue weighted by Gasteiger charge is 2.45. The number of amides is 1. The summed E-state index contributed by atoms with van der Waals surface area (Å²) < 4.78 is 12.8. The maximum absolute atomic E-state index is 13.2. The molecule has 0 aromatic heterocycles. The van der Waals surface area contributed by atoms with Crippen molar-refractivity contribution in [2.75, 3.05) is 19.7 Å². The lowest BCUT2D eigenvalue weighted by Crippen LogP contribution is -2.52. The Kier molecular flexibility index (Phi) is 6.94. The van der Waals surface area contributed by atoms with Crippen molar-refractivity contribution in [1.82, 2.24) is 4.90 Å². The Morgan fingerprint density at radius 1 is 1.18 bits per heavy atom. The van der Waals surface area contributed by atoms with Crippen molar-refractivity contribution in [2.24, 2.45) is 0 Å². The topological polar surface area (TPSA) is 59.0 Å². The zero-order valence-electron chi connectivity index (χ0n) is 20.3. The molecule has 1 N–H and O–H groups in total. The van der Waals surface area contributed by atoms with Gasteiger partial charge in [-0.3, -0.25) is 4.79 Å². The number of hydrogen-bond acceptors (Lipinski definition) is 4. The third-order valence-electron chi connectivity index (χ3n) is 7.14. The van der Waals surface area contributed by atoms with Crippen LogP contribution in [-0.4, -0.2) is 47.3 Å².